The van der Waals surface area contributed by atoms with Crippen molar-refractivity contribution >= 4 is 57.2 Å². The number of thioether (sulfide) groups is 1. The Morgan fingerprint density at radius 3 is 2.83 bits per heavy atom. The lowest BCUT2D eigenvalue weighted by Gasteiger charge is -2.03. The van der Waals surface area contributed by atoms with E-state index in [1.54, 1.807) is 18.2 Å². The molecule has 24 heavy (non-hydrogen) atoms. The Morgan fingerprint density at radius 1 is 1.29 bits per heavy atom. The minimum absolute atomic E-state index is 0.0593. The zero-order valence-corrected chi connectivity index (χ0v) is 15.6. The number of methoxy groups -OCH3 is 1. The lowest BCUT2D eigenvalue weighted by Crippen LogP contribution is -2.19. The van der Waals surface area contributed by atoms with Crippen LogP contribution in [0.15, 0.2) is 52.4 Å². The van der Waals surface area contributed by atoms with Crippen molar-refractivity contribution in [2.45, 2.75) is 0 Å². The number of amides is 1. The molecule has 0 atom stereocenters. The summed E-state index contributed by atoms with van der Waals surface area (Å²) in [5.74, 6) is 0.223. The van der Waals surface area contributed by atoms with Gasteiger partial charge in [0.05, 0.1) is 17.7 Å². The highest BCUT2D eigenvalue weighted by Crippen LogP contribution is 2.32. The van der Waals surface area contributed by atoms with Gasteiger partial charge in [0.15, 0.2) is 16.7 Å². The number of carbonyl (C=O) groups is 1. The van der Waals surface area contributed by atoms with Gasteiger partial charge in [-0.25, -0.2) is 4.99 Å². The summed E-state index contributed by atoms with van der Waals surface area (Å²) in [6, 6.07) is 12.6. The van der Waals surface area contributed by atoms with Gasteiger partial charge in [-0.05, 0) is 70.3 Å². The van der Waals surface area contributed by atoms with Gasteiger partial charge in [0.25, 0.3) is 5.91 Å². The van der Waals surface area contributed by atoms with Crippen LogP contribution in [0.5, 0.6) is 11.5 Å². The Balaban J connectivity index is 1.86. The Morgan fingerprint density at radius 2 is 2.08 bits per heavy atom. The van der Waals surface area contributed by atoms with Crippen molar-refractivity contribution in [3.8, 4) is 11.5 Å². The molecule has 1 fully saturated rings. The van der Waals surface area contributed by atoms with E-state index in [1.807, 2.05) is 24.3 Å². The molecule has 2 N–H and O–H groups in total. The third-order valence-corrected chi connectivity index (χ3v) is 5.05. The number of rotatable bonds is 3. The van der Waals surface area contributed by atoms with Crippen LogP contribution in [0.3, 0.4) is 0 Å². The van der Waals surface area contributed by atoms with Crippen molar-refractivity contribution in [1.82, 2.24) is 5.32 Å². The summed E-state index contributed by atoms with van der Waals surface area (Å²) in [5, 5.41) is 12.9. The van der Waals surface area contributed by atoms with Gasteiger partial charge in [-0.3, -0.25) is 4.79 Å². The SMILES string of the molecule is COc1cc(/C=C2/SC(=Nc3ccccc3I)NC2=O)ccc1O. The van der Waals surface area contributed by atoms with Gasteiger partial charge >= 0.3 is 0 Å². The quantitative estimate of drug-likeness (QED) is 0.548. The first kappa shape index (κ1) is 16.8. The number of ether oxygens (including phenoxy) is 1. The van der Waals surface area contributed by atoms with E-state index in [0.29, 0.717) is 15.8 Å². The summed E-state index contributed by atoms with van der Waals surface area (Å²) in [6.07, 6.45) is 1.74. The molecule has 0 spiro atoms. The van der Waals surface area contributed by atoms with E-state index in [0.717, 1.165) is 14.8 Å². The zero-order chi connectivity index (χ0) is 17.1. The van der Waals surface area contributed by atoms with Crippen molar-refractivity contribution in [3.63, 3.8) is 0 Å². The van der Waals surface area contributed by atoms with Crippen molar-refractivity contribution in [3.05, 3.63) is 56.5 Å². The lowest BCUT2D eigenvalue weighted by atomic mass is 10.2. The minimum atomic E-state index is -0.197. The predicted molar refractivity (Wildman–Crippen MR) is 105 cm³/mol. The molecule has 0 saturated carbocycles. The number of nitrogens with one attached hydrogen (secondary N) is 1. The molecule has 1 heterocycles. The lowest BCUT2D eigenvalue weighted by molar-refractivity contribution is -0.115. The number of nitrogens with zero attached hydrogens (tertiary/aromatic N) is 1. The summed E-state index contributed by atoms with van der Waals surface area (Å²) in [7, 11) is 1.48. The highest BCUT2D eigenvalue weighted by molar-refractivity contribution is 14.1. The fraction of sp³-hybridized carbons (Fsp3) is 0.0588. The summed E-state index contributed by atoms with van der Waals surface area (Å²) in [6.45, 7) is 0. The number of aliphatic imine (C=N–C) groups is 1. The number of benzene rings is 2. The average Bonchev–Trinajstić information content (AvgIpc) is 2.91. The Hall–Kier alpha value is -2.00. The molecular formula is C17H13IN2O3S. The van der Waals surface area contributed by atoms with Crippen LogP contribution in [0.4, 0.5) is 5.69 Å². The fourth-order valence-corrected chi connectivity index (χ4v) is 3.41. The van der Waals surface area contributed by atoms with Crippen molar-refractivity contribution in [2.75, 3.05) is 7.11 Å². The number of phenols is 1. The maximum atomic E-state index is 12.1. The fourth-order valence-electron chi connectivity index (χ4n) is 2.07. The summed E-state index contributed by atoms with van der Waals surface area (Å²) in [5.41, 5.74) is 1.58. The Labute approximate surface area is 157 Å². The third kappa shape index (κ3) is 3.73. The number of halogens is 1. The largest absolute Gasteiger partial charge is 0.504 e. The van der Waals surface area contributed by atoms with Crippen LogP contribution in [0.1, 0.15) is 5.56 Å². The second kappa shape index (κ2) is 7.27. The molecule has 0 radical (unpaired) electrons. The van der Waals surface area contributed by atoms with Crippen molar-refractivity contribution < 1.29 is 14.6 Å². The molecule has 0 aliphatic carbocycles. The second-order valence-electron chi connectivity index (χ2n) is 4.86. The van der Waals surface area contributed by atoms with E-state index < -0.39 is 0 Å². The highest BCUT2D eigenvalue weighted by Gasteiger charge is 2.24. The van der Waals surface area contributed by atoms with E-state index in [9.17, 15) is 9.90 Å². The smallest absolute Gasteiger partial charge is 0.264 e. The first-order chi connectivity index (χ1) is 11.6. The van der Waals surface area contributed by atoms with Gasteiger partial charge in [-0.15, -0.1) is 0 Å². The van der Waals surface area contributed by atoms with Crippen LogP contribution in [0.2, 0.25) is 0 Å². The van der Waals surface area contributed by atoms with Crippen LogP contribution < -0.4 is 10.1 Å². The van der Waals surface area contributed by atoms with Crippen molar-refractivity contribution in [2.24, 2.45) is 4.99 Å². The number of hydrogen-bond acceptors (Lipinski definition) is 5. The number of amidine groups is 1. The normalized spacial score (nSPS) is 17.3. The number of aromatic hydroxyl groups is 1. The maximum Gasteiger partial charge on any atom is 0.264 e. The van der Waals surface area contributed by atoms with Gasteiger partial charge in [-0.1, -0.05) is 18.2 Å². The van der Waals surface area contributed by atoms with E-state index in [1.165, 1.54) is 24.9 Å². The number of hydrogen-bond donors (Lipinski definition) is 2. The van der Waals surface area contributed by atoms with E-state index in [-0.39, 0.29) is 11.7 Å². The molecule has 1 saturated heterocycles. The molecule has 1 aliphatic rings. The first-order valence-electron chi connectivity index (χ1n) is 6.98. The predicted octanol–water partition coefficient (Wildman–Crippen LogP) is 3.90. The van der Waals surface area contributed by atoms with Crippen molar-refractivity contribution in [1.29, 1.82) is 0 Å². The molecule has 2 aromatic carbocycles. The van der Waals surface area contributed by atoms with Gasteiger partial charge in [0, 0.05) is 3.57 Å². The summed E-state index contributed by atoms with van der Waals surface area (Å²) >= 11 is 3.48. The maximum absolute atomic E-state index is 12.1. The molecule has 5 nitrogen and oxygen atoms in total. The van der Waals surface area contributed by atoms with Crippen LogP contribution >= 0.6 is 34.4 Å². The van der Waals surface area contributed by atoms with Gasteiger partial charge < -0.3 is 15.2 Å². The molecule has 7 heteroatoms. The van der Waals surface area contributed by atoms with Crippen LogP contribution in [-0.4, -0.2) is 23.3 Å². The van der Waals surface area contributed by atoms with Gasteiger partial charge in [0.2, 0.25) is 0 Å². The number of phenolic OH excluding ortho intramolecular Hbond substituents is 1. The topological polar surface area (TPSA) is 70.9 Å². The molecule has 0 unspecified atom stereocenters. The van der Waals surface area contributed by atoms with E-state index >= 15 is 0 Å². The average molecular weight is 452 g/mol. The first-order valence-corrected chi connectivity index (χ1v) is 8.87. The molecule has 122 valence electrons. The summed E-state index contributed by atoms with van der Waals surface area (Å²) in [4.78, 5) is 17.1. The highest BCUT2D eigenvalue weighted by atomic mass is 127. The van der Waals surface area contributed by atoms with Gasteiger partial charge in [-0.2, -0.15) is 0 Å². The second-order valence-corrected chi connectivity index (χ2v) is 7.06. The monoisotopic (exact) mass is 452 g/mol. The molecular weight excluding hydrogens is 439 g/mol. The number of carbonyl (C=O) groups excluding carboxylic acids is 1. The minimum Gasteiger partial charge on any atom is -0.504 e. The Kier molecular flexibility index (Phi) is 5.10. The standard InChI is InChI=1S/C17H13IN2O3S/c1-23-14-8-10(6-7-13(14)21)9-15-16(22)20-17(24-15)19-12-5-3-2-4-11(12)18/h2-9,21H,1H3,(H,19,20,22)/b15-9+. The molecule has 0 bridgehead atoms. The van der Waals surface area contributed by atoms with Crippen LogP contribution in [0, 0.1) is 3.57 Å². The molecule has 1 amide bonds. The molecule has 2 aromatic rings. The zero-order valence-electron chi connectivity index (χ0n) is 12.6. The Bertz CT molecular complexity index is 865. The van der Waals surface area contributed by atoms with E-state index in [2.05, 4.69) is 32.9 Å². The van der Waals surface area contributed by atoms with Gasteiger partial charge in [0.1, 0.15) is 0 Å². The van der Waals surface area contributed by atoms with E-state index in [4.69, 9.17) is 4.74 Å². The van der Waals surface area contributed by atoms with Crippen LogP contribution in [-0.2, 0) is 4.79 Å². The van der Waals surface area contributed by atoms with Crippen LogP contribution in [0.25, 0.3) is 6.08 Å². The summed E-state index contributed by atoms with van der Waals surface area (Å²) < 4.78 is 6.09. The third-order valence-electron chi connectivity index (χ3n) is 3.23. The molecule has 1 aliphatic heterocycles. The molecule has 3 rings (SSSR count). The number of para-hydroxylation sites is 1. The molecule has 0 aromatic heterocycles.